The second-order valence-electron chi connectivity index (χ2n) is 29.8. The summed E-state index contributed by atoms with van der Waals surface area (Å²) in [4.78, 5) is 14.6. The average Bonchev–Trinajstić information content (AvgIpc) is 0.808. The first-order valence-electron chi connectivity index (χ1n) is 38.8. The zero-order valence-electron chi connectivity index (χ0n) is 61.3. The Morgan fingerprint density at radius 2 is 0.500 bits per heavy atom. The molecule has 0 radical (unpaired) electrons. The Labute approximate surface area is 668 Å². The van der Waals surface area contributed by atoms with Crippen molar-refractivity contribution in [2.24, 2.45) is 0 Å². The van der Waals surface area contributed by atoms with Gasteiger partial charge in [-0.1, -0.05) is 200 Å². The van der Waals surface area contributed by atoms with Crippen LogP contribution in [-0.4, -0.2) is 20.1 Å². The lowest BCUT2D eigenvalue weighted by Gasteiger charge is -2.45. The first-order chi connectivity index (χ1) is 56.6. The topological polar surface area (TPSA) is 47.1 Å². The Hall–Kier alpha value is -14.2. The zero-order chi connectivity index (χ0) is 74.6. The van der Waals surface area contributed by atoms with Gasteiger partial charge in [0, 0.05) is 139 Å². The fourth-order valence-electron chi connectivity index (χ4n) is 18.8. The summed E-state index contributed by atoms with van der Waals surface area (Å²) in [5.74, 6) is 4.98. The van der Waals surface area contributed by atoms with Gasteiger partial charge in [-0.2, -0.15) is 0 Å². The molecule has 0 atom stereocenters. The SMILES string of the molecule is c1ccc(N(c2ccccc2)c2cc3c4c(c2)N(c2ccccc2)c2cc5c(cc2B4c2cc4c(cc2O3)N(c2ccccc2)c2cc(N(c3ccccc3)c3ccccc3)cc3c2B4c2sc4ccccc4c2O3)B2c3sc4ccccc4c3Oc3cc(N(c4ccccc4)c4ccccc4)cc(c32)N5c2ccccc2)cc1. The van der Waals surface area contributed by atoms with E-state index in [4.69, 9.17) is 14.2 Å². The second-order valence-corrected chi connectivity index (χ2v) is 31.9. The highest BCUT2D eigenvalue weighted by atomic mass is 32.1. The lowest BCUT2D eigenvalue weighted by atomic mass is 9.30. The summed E-state index contributed by atoms with van der Waals surface area (Å²) < 4.78 is 28.0. The summed E-state index contributed by atoms with van der Waals surface area (Å²) in [5, 5.41) is 2.19. The van der Waals surface area contributed by atoms with Gasteiger partial charge in [-0.25, -0.2) is 0 Å². The maximum atomic E-state index is 8.06. The number of para-hydroxylation sites is 9. The van der Waals surface area contributed by atoms with Crippen molar-refractivity contribution in [3.8, 4) is 34.5 Å². The molecular weight excluding hydrogens is 1430 g/mol. The molecule has 0 bridgehead atoms. The molecule has 0 amide bonds. The minimum absolute atomic E-state index is 0.263. The number of ether oxygens (including phenoxy) is 3. The van der Waals surface area contributed by atoms with E-state index >= 15 is 0 Å². The van der Waals surface area contributed by atoms with Gasteiger partial charge < -0.3 is 43.6 Å². The number of rotatable bonds is 12. The highest BCUT2D eigenvalue weighted by Crippen LogP contribution is 2.54. The molecule has 0 spiro atoms. The molecule has 0 fully saturated rings. The molecule has 0 saturated heterocycles. The summed E-state index contributed by atoms with van der Waals surface area (Å²) in [5.41, 5.74) is 26.3. The third-order valence-corrected chi connectivity index (χ3v) is 25.9. The molecule has 0 unspecified atom stereocenters. The first kappa shape index (κ1) is 64.6. The minimum Gasteiger partial charge on any atom is -0.458 e. The van der Waals surface area contributed by atoms with Gasteiger partial charge in [0.1, 0.15) is 34.5 Å². The Morgan fingerprint density at radius 3 is 0.851 bits per heavy atom. The number of hydrogen-bond acceptors (Lipinski definition) is 11. The second kappa shape index (κ2) is 25.7. The van der Waals surface area contributed by atoms with Crippen molar-refractivity contribution >= 4 is 213 Å². The standard InChI is InChI=1S/C100H63B3N6O3S2/c1-10-32-64(33-11-1)104(65-34-12-2-13-35-65)73-54-85-94-89(57-73)110-88-63-84-80(103-96-87(109(84)72-48-26-9-27-49-72)56-75(106(68-40-18-5-19-41-68)69-42-20-6-21-43-69)59-91(96)112-98-77-51-29-31-53-93(77)114-100(98)103)61-81(88)101(94)78-60-79-83(62-82(78)107(85)70-44-22-7-23-45-70)108(71-46-24-8-25-47-71)86-55-74(105(66-36-14-3-15-37-66)67-38-16-4-17-39-67)58-90-95(86)102(79)99-97(111-90)76-50-28-30-52-92(76)113-99/h1-63H. The molecule has 0 saturated carbocycles. The molecule has 18 aromatic rings. The lowest BCUT2D eigenvalue weighted by Crippen LogP contribution is -2.65. The average molecular weight is 1490 g/mol. The minimum atomic E-state index is -0.388. The third kappa shape index (κ3) is 9.94. The van der Waals surface area contributed by atoms with Gasteiger partial charge >= 0.3 is 0 Å². The van der Waals surface area contributed by atoms with Crippen molar-refractivity contribution < 1.29 is 14.2 Å². The van der Waals surface area contributed by atoms with E-state index in [-0.39, 0.29) is 20.1 Å². The summed E-state index contributed by atoms with van der Waals surface area (Å²) in [6.45, 7) is -0.913. The van der Waals surface area contributed by atoms with Gasteiger partial charge in [0.2, 0.25) is 0 Å². The molecule has 8 heterocycles. The fourth-order valence-corrected chi connectivity index (χ4v) is 21.3. The van der Waals surface area contributed by atoms with E-state index in [1.807, 2.05) is 22.7 Å². The maximum Gasteiger partial charge on any atom is 0.268 e. The van der Waals surface area contributed by atoms with Crippen molar-refractivity contribution in [2.45, 2.75) is 0 Å². The summed E-state index contributed by atoms with van der Waals surface area (Å²) in [6.07, 6.45) is 0. The molecule has 6 aliphatic heterocycles. The Morgan fingerprint density at radius 1 is 0.219 bits per heavy atom. The van der Waals surface area contributed by atoms with Gasteiger partial charge in [0.05, 0.1) is 17.1 Å². The molecule has 16 aromatic carbocycles. The van der Waals surface area contributed by atoms with E-state index in [0.717, 1.165) is 180 Å². The van der Waals surface area contributed by atoms with Crippen LogP contribution in [0.2, 0.25) is 0 Å². The molecule has 532 valence electrons. The van der Waals surface area contributed by atoms with Crippen molar-refractivity contribution in [3.05, 3.63) is 382 Å². The van der Waals surface area contributed by atoms with E-state index in [2.05, 4.69) is 412 Å². The van der Waals surface area contributed by atoms with Crippen molar-refractivity contribution in [3.63, 3.8) is 0 Å². The molecule has 114 heavy (non-hydrogen) atoms. The van der Waals surface area contributed by atoms with E-state index in [1.165, 1.54) is 24.4 Å². The normalized spacial score (nSPS) is 13.2. The number of fused-ring (bicyclic) bond motifs is 16. The Balaban J connectivity index is 0.807. The molecule has 14 heteroatoms. The number of benzene rings is 16. The van der Waals surface area contributed by atoms with Gasteiger partial charge in [0.25, 0.3) is 20.1 Å². The molecule has 24 rings (SSSR count). The van der Waals surface area contributed by atoms with Crippen molar-refractivity contribution in [1.29, 1.82) is 0 Å². The summed E-state index contributed by atoms with van der Waals surface area (Å²) >= 11 is 3.68. The number of thiophene rings is 2. The van der Waals surface area contributed by atoms with Crippen LogP contribution in [0.3, 0.4) is 0 Å². The molecular formula is C100H63B3N6O3S2. The van der Waals surface area contributed by atoms with Crippen LogP contribution in [0.5, 0.6) is 34.5 Å². The fraction of sp³-hybridized carbons (Fsp3) is 0. The lowest BCUT2D eigenvalue weighted by molar-refractivity contribution is 0.488. The van der Waals surface area contributed by atoms with Crippen LogP contribution in [-0.2, 0) is 0 Å². The van der Waals surface area contributed by atoms with Crippen LogP contribution in [0.25, 0.3) is 20.2 Å². The number of hydrogen-bond donors (Lipinski definition) is 0. The van der Waals surface area contributed by atoms with E-state index in [1.54, 1.807) is 0 Å². The monoisotopic (exact) mass is 1490 g/mol. The summed E-state index contributed by atoms with van der Waals surface area (Å²) in [7, 11) is 0. The highest BCUT2D eigenvalue weighted by molar-refractivity contribution is 7.34. The molecule has 0 N–H and O–H groups in total. The third-order valence-electron chi connectivity index (χ3n) is 23.4. The molecule has 9 nitrogen and oxygen atoms in total. The van der Waals surface area contributed by atoms with Crippen molar-refractivity contribution in [2.75, 3.05) is 29.4 Å². The number of anilines is 18. The molecule has 2 aromatic heterocycles. The van der Waals surface area contributed by atoms with Crippen LogP contribution in [0.1, 0.15) is 0 Å². The van der Waals surface area contributed by atoms with Gasteiger partial charge in [-0.15, -0.1) is 22.7 Å². The maximum absolute atomic E-state index is 8.06. The largest absolute Gasteiger partial charge is 0.458 e. The van der Waals surface area contributed by atoms with Gasteiger partial charge in [0.15, 0.2) is 0 Å². The van der Waals surface area contributed by atoms with E-state index in [9.17, 15) is 0 Å². The quantitative estimate of drug-likeness (QED) is 0.111. The Kier molecular flexibility index (Phi) is 14.6. The van der Waals surface area contributed by atoms with E-state index < -0.39 is 0 Å². The molecule has 6 aliphatic rings. The summed E-state index contributed by atoms with van der Waals surface area (Å²) in [6, 6.07) is 139. The van der Waals surface area contributed by atoms with Crippen LogP contribution >= 0.6 is 22.7 Å². The Bertz CT molecular complexity index is 6780. The van der Waals surface area contributed by atoms with E-state index in [0.29, 0.717) is 0 Å². The van der Waals surface area contributed by atoms with Gasteiger partial charge in [-0.3, -0.25) is 0 Å². The van der Waals surface area contributed by atoms with Crippen LogP contribution < -0.4 is 91.4 Å². The zero-order valence-corrected chi connectivity index (χ0v) is 63.0. The first-order valence-corrected chi connectivity index (χ1v) is 40.4. The van der Waals surface area contributed by atoms with Crippen LogP contribution in [0.15, 0.2) is 382 Å². The predicted octanol–water partition coefficient (Wildman–Crippen LogP) is 21.7. The highest BCUT2D eigenvalue weighted by Gasteiger charge is 2.52. The van der Waals surface area contributed by atoms with Crippen LogP contribution in [0, 0.1) is 0 Å². The van der Waals surface area contributed by atoms with Crippen molar-refractivity contribution in [1.82, 2.24) is 0 Å². The molecule has 0 aliphatic carbocycles. The van der Waals surface area contributed by atoms with Gasteiger partial charge in [-0.05, 0) is 196 Å². The predicted molar refractivity (Wildman–Crippen MR) is 479 cm³/mol. The van der Waals surface area contributed by atoms with Crippen LogP contribution in [0.4, 0.5) is 102 Å². The number of nitrogens with zero attached hydrogens (tertiary/aromatic N) is 6. The smallest absolute Gasteiger partial charge is 0.268 e.